The van der Waals surface area contributed by atoms with Gasteiger partial charge in [-0.2, -0.15) is 0 Å². The summed E-state index contributed by atoms with van der Waals surface area (Å²) in [5.74, 6) is -0.338. The second-order valence-corrected chi connectivity index (χ2v) is 6.76. The third-order valence-electron chi connectivity index (χ3n) is 4.31. The molecule has 1 unspecified atom stereocenters. The van der Waals surface area contributed by atoms with E-state index in [-0.39, 0.29) is 12.6 Å². The standard InChI is InChI=1S/C21H35NO4/c1-2-3-4-5-6-7-15-22-19-13-11-18(12-14-19)9-8-10-21(25)26-17-20(24)16-23/h11-14,20,22-24H,2-10,15-17H2,1H3. The van der Waals surface area contributed by atoms with Crippen LogP contribution in [0.25, 0.3) is 0 Å². The van der Waals surface area contributed by atoms with Gasteiger partial charge in [0.25, 0.3) is 0 Å². The SMILES string of the molecule is CCCCCCCCNc1ccc(CCCC(=O)OCC(O)CO)cc1. The molecule has 1 rings (SSSR count). The van der Waals surface area contributed by atoms with E-state index in [2.05, 4.69) is 36.5 Å². The molecule has 0 aliphatic carbocycles. The first kappa shape index (κ1) is 22.5. The Kier molecular flexibility index (Phi) is 12.6. The maximum atomic E-state index is 11.5. The number of anilines is 1. The van der Waals surface area contributed by atoms with Crippen LogP contribution in [0.2, 0.25) is 0 Å². The number of aliphatic hydroxyl groups is 2. The zero-order valence-corrected chi connectivity index (χ0v) is 16.1. The van der Waals surface area contributed by atoms with Crippen LogP contribution in [0.1, 0.15) is 63.9 Å². The summed E-state index contributed by atoms with van der Waals surface area (Å²) in [7, 11) is 0. The molecule has 0 fully saturated rings. The van der Waals surface area contributed by atoms with Gasteiger partial charge in [0.15, 0.2) is 0 Å². The van der Waals surface area contributed by atoms with Crippen molar-refractivity contribution in [3.05, 3.63) is 29.8 Å². The van der Waals surface area contributed by atoms with Gasteiger partial charge < -0.3 is 20.3 Å². The van der Waals surface area contributed by atoms with E-state index < -0.39 is 12.7 Å². The number of ether oxygens (including phenoxy) is 1. The second kappa shape index (κ2) is 14.6. The smallest absolute Gasteiger partial charge is 0.305 e. The van der Waals surface area contributed by atoms with Crippen molar-refractivity contribution < 1.29 is 19.7 Å². The Morgan fingerprint density at radius 1 is 1.08 bits per heavy atom. The summed E-state index contributed by atoms with van der Waals surface area (Å²) >= 11 is 0. The van der Waals surface area contributed by atoms with Crippen molar-refractivity contribution in [2.45, 2.75) is 70.8 Å². The molecular weight excluding hydrogens is 330 g/mol. The molecule has 0 aromatic heterocycles. The molecule has 3 N–H and O–H groups in total. The molecule has 1 aromatic carbocycles. The lowest BCUT2D eigenvalue weighted by molar-refractivity contribution is -0.147. The first-order valence-electron chi connectivity index (χ1n) is 9.93. The Hall–Kier alpha value is -1.59. The van der Waals surface area contributed by atoms with Crippen LogP contribution in [0.5, 0.6) is 0 Å². The van der Waals surface area contributed by atoms with Crippen LogP contribution in [0, 0.1) is 0 Å². The molecule has 0 amide bonds. The molecule has 1 aromatic rings. The Morgan fingerprint density at radius 3 is 2.46 bits per heavy atom. The van der Waals surface area contributed by atoms with E-state index >= 15 is 0 Å². The zero-order chi connectivity index (χ0) is 19.0. The lowest BCUT2D eigenvalue weighted by Gasteiger charge is -2.09. The Labute approximate surface area is 157 Å². The van der Waals surface area contributed by atoms with Gasteiger partial charge >= 0.3 is 5.97 Å². The van der Waals surface area contributed by atoms with Crippen LogP contribution in [0.4, 0.5) is 5.69 Å². The van der Waals surface area contributed by atoms with Crippen molar-refractivity contribution in [2.24, 2.45) is 0 Å². The van der Waals surface area contributed by atoms with Crippen LogP contribution >= 0.6 is 0 Å². The quantitative estimate of drug-likeness (QED) is 0.326. The number of benzene rings is 1. The number of carbonyl (C=O) groups excluding carboxylic acids is 1. The van der Waals surface area contributed by atoms with Crippen LogP contribution in [0.3, 0.4) is 0 Å². The van der Waals surface area contributed by atoms with E-state index in [9.17, 15) is 4.79 Å². The molecule has 0 saturated carbocycles. The molecule has 0 spiro atoms. The van der Waals surface area contributed by atoms with Gasteiger partial charge in [-0.3, -0.25) is 4.79 Å². The number of esters is 1. The molecule has 148 valence electrons. The second-order valence-electron chi connectivity index (χ2n) is 6.76. The lowest BCUT2D eigenvalue weighted by Crippen LogP contribution is -2.21. The van der Waals surface area contributed by atoms with Crippen molar-refractivity contribution in [1.82, 2.24) is 0 Å². The molecule has 26 heavy (non-hydrogen) atoms. The highest BCUT2D eigenvalue weighted by Crippen LogP contribution is 2.13. The van der Waals surface area contributed by atoms with E-state index in [4.69, 9.17) is 14.9 Å². The van der Waals surface area contributed by atoms with Crippen molar-refractivity contribution in [2.75, 3.05) is 25.1 Å². The van der Waals surface area contributed by atoms with E-state index in [0.717, 1.165) is 18.7 Å². The van der Waals surface area contributed by atoms with E-state index in [1.165, 1.54) is 44.1 Å². The average Bonchev–Trinajstić information content (AvgIpc) is 2.66. The fraction of sp³-hybridized carbons (Fsp3) is 0.667. The Morgan fingerprint density at radius 2 is 1.77 bits per heavy atom. The summed E-state index contributed by atoms with van der Waals surface area (Å²) in [5, 5.41) is 21.2. The number of carbonyl (C=O) groups is 1. The van der Waals surface area contributed by atoms with Crippen LogP contribution in [0.15, 0.2) is 24.3 Å². The maximum Gasteiger partial charge on any atom is 0.305 e. The number of hydrogen-bond donors (Lipinski definition) is 3. The third kappa shape index (κ3) is 11.1. The highest BCUT2D eigenvalue weighted by molar-refractivity contribution is 5.69. The number of aliphatic hydroxyl groups excluding tert-OH is 2. The molecule has 1 atom stereocenters. The number of nitrogens with one attached hydrogen (secondary N) is 1. The molecule has 0 aliphatic rings. The minimum Gasteiger partial charge on any atom is -0.463 e. The van der Waals surface area contributed by atoms with Gasteiger partial charge in [-0.05, 0) is 37.0 Å². The fourth-order valence-electron chi connectivity index (χ4n) is 2.68. The predicted octanol–water partition coefficient (Wildman–Crippen LogP) is 3.68. The average molecular weight is 366 g/mol. The van der Waals surface area contributed by atoms with E-state index in [0.29, 0.717) is 12.8 Å². The number of unbranched alkanes of at least 4 members (excludes halogenated alkanes) is 5. The number of aryl methyl sites for hydroxylation is 1. The van der Waals surface area contributed by atoms with Crippen molar-refractivity contribution in [3.63, 3.8) is 0 Å². The molecule has 0 saturated heterocycles. The molecule has 0 radical (unpaired) electrons. The van der Waals surface area contributed by atoms with Gasteiger partial charge in [-0.15, -0.1) is 0 Å². The van der Waals surface area contributed by atoms with Crippen LogP contribution < -0.4 is 5.32 Å². The molecular formula is C21H35NO4. The van der Waals surface area contributed by atoms with Gasteiger partial charge in [-0.1, -0.05) is 51.2 Å². The maximum absolute atomic E-state index is 11.5. The summed E-state index contributed by atoms with van der Waals surface area (Å²) in [4.78, 5) is 11.5. The Balaban J connectivity index is 2.11. The van der Waals surface area contributed by atoms with E-state index in [1.807, 2.05) is 0 Å². The van der Waals surface area contributed by atoms with E-state index in [1.54, 1.807) is 0 Å². The van der Waals surface area contributed by atoms with Gasteiger partial charge in [0.2, 0.25) is 0 Å². The summed E-state index contributed by atoms with van der Waals surface area (Å²) in [6, 6.07) is 8.35. The summed E-state index contributed by atoms with van der Waals surface area (Å²) < 4.78 is 4.88. The van der Waals surface area contributed by atoms with Crippen LogP contribution in [-0.4, -0.2) is 42.0 Å². The molecule has 0 bridgehead atoms. The van der Waals surface area contributed by atoms with Gasteiger partial charge in [0, 0.05) is 18.7 Å². The normalized spacial score (nSPS) is 12.0. The van der Waals surface area contributed by atoms with Gasteiger partial charge in [0.1, 0.15) is 12.7 Å². The summed E-state index contributed by atoms with van der Waals surface area (Å²) in [5.41, 5.74) is 2.33. The number of rotatable bonds is 15. The minimum atomic E-state index is -0.990. The summed E-state index contributed by atoms with van der Waals surface area (Å²) in [6.07, 6.45) is 8.65. The third-order valence-corrected chi connectivity index (χ3v) is 4.31. The highest BCUT2D eigenvalue weighted by Gasteiger charge is 2.07. The zero-order valence-electron chi connectivity index (χ0n) is 16.1. The van der Waals surface area contributed by atoms with Crippen LogP contribution in [-0.2, 0) is 16.0 Å². The van der Waals surface area contributed by atoms with Gasteiger partial charge in [0.05, 0.1) is 6.61 Å². The topological polar surface area (TPSA) is 78.8 Å². The molecule has 0 aliphatic heterocycles. The number of hydrogen-bond acceptors (Lipinski definition) is 5. The fourth-order valence-corrected chi connectivity index (χ4v) is 2.68. The minimum absolute atomic E-state index is 0.145. The predicted molar refractivity (Wildman–Crippen MR) is 105 cm³/mol. The van der Waals surface area contributed by atoms with Crippen molar-refractivity contribution in [3.8, 4) is 0 Å². The first-order valence-corrected chi connectivity index (χ1v) is 9.93. The van der Waals surface area contributed by atoms with Crippen molar-refractivity contribution in [1.29, 1.82) is 0 Å². The monoisotopic (exact) mass is 365 g/mol. The lowest BCUT2D eigenvalue weighted by atomic mass is 10.1. The molecule has 5 heteroatoms. The van der Waals surface area contributed by atoms with Crippen molar-refractivity contribution >= 4 is 11.7 Å². The van der Waals surface area contributed by atoms with Gasteiger partial charge in [-0.25, -0.2) is 0 Å². The molecule has 5 nitrogen and oxygen atoms in total. The highest BCUT2D eigenvalue weighted by atomic mass is 16.5. The first-order chi connectivity index (χ1) is 12.7. The summed E-state index contributed by atoms with van der Waals surface area (Å²) in [6.45, 7) is 2.71. The largest absolute Gasteiger partial charge is 0.463 e. The molecule has 0 heterocycles. The Bertz CT molecular complexity index is 475.